The van der Waals surface area contributed by atoms with Gasteiger partial charge in [0.15, 0.2) is 11.5 Å². The molecule has 1 fully saturated rings. The van der Waals surface area contributed by atoms with Crippen LogP contribution in [0.5, 0.6) is 11.5 Å². The van der Waals surface area contributed by atoms with Gasteiger partial charge in [0, 0.05) is 36.9 Å². The molecule has 176 valence electrons. The number of aliphatic hydroxyl groups is 2. The second-order valence-electron chi connectivity index (χ2n) is 7.75. The van der Waals surface area contributed by atoms with Crippen LogP contribution in [0, 0.1) is 3.57 Å². The van der Waals surface area contributed by atoms with Gasteiger partial charge >= 0.3 is 0 Å². The lowest BCUT2D eigenvalue weighted by atomic mass is 9.89. The topological polar surface area (TPSA) is 126 Å². The number of benzene rings is 1. The Morgan fingerprint density at radius 3 is 2.88 bits per heavy atom. The van der Waals surface area contributed by atoms with E-state index in [-0.39, 0.29) is 25.2 Å². The quantitative estimate of drug-likeness (QED) is 0.245. The minimum Gasteiger partial charge on any atom is -0.493 e. The standard InChI is InChI=1S/C22H29IN2O7/c1-30-19-8-13(12-27)7-16(23)21(19)32-18-10-14(22(29)24-4-5-26)9-17(20(18)28)25-11-15-3-2-6-31-15/h7-8,10,12,15,17-18,20,25-26,28H,2-6,9,11H2,1H3,(H,24,29)/t15-,17-,18+,20+/m1/s1. The van der Waals surface area contributed by atoms with E-state index in [2.05, 4.69) is 10.6 Å². The van der Waals surface area contributed by atoms with Gasteiger partial charge in [-0.25, -0.2) is 0 Å². The van der Waals surface area contributed by atoms with Gasteiger partial charge in [-0.3, -0.25) is 9.59 Å². The smallest absolute Gasteiger partial charge is 0.247 e. The molecule has 3 rings (SSSR count). The van der Waals surface area contributed by atoms with E-state index < -0.39 is 18.2 Å². The molecule has 32 heavy (non-hydrogen) atoms. The molecule has 1 heterocycles. The third kappa shape index (κ3) is 6.19. The summed E-state index contributed by atoms with van der Waals surface area (Å²) in [6.45, 7) is 1.27. The average molecular weight is 560 g/mol. The van der Waals surface area contributed by atoms with E-state index in [1.165, 1.54) is 7.11 Å². The fourth-order valence-electron chi connectivity index (χ4n) is 3.85. The SMILES string of the molecule is COc1cc(C=O)cc(I)c1O[C@H]1C=C(C(=O)NCCO)C[C@@H](NC[C@H]2CCCO2)[C@@H]1O. The predicted molar refractivity (Wildman–Crippen MR) is 125 cm³/mol. The average Bonchev–Trinajstić information content (AvgIpc) is 3.32. The first-order valence-corrected chi connectivity index (χ1v) is 11.7. The number of aliphatic hydroxyl groups excluding tert-OH is 2. The van der Waals surface area contributed by atoms with E-state index in [0.29, 0.717) is 39.2 Å². The number of methoxy groups -OCH3 is 1. The van der Waals surface area contributed by atoms with E-state index >= 15 is 0 Å². The summed E-state index contributed by atoms with van der Waals surface area (Å²) in [6.07, 6.45) is 2.91. The molecule has 0 bridgehead atoms. The van der Waals surface area contributed by atoms with Crippen molar-refractivity contribution >= 4 is 34.8 Å². The van der Waals surface area contributed by atoms with Crippen LogP contribution in [-0.4, -0.2) is 80.2 Å². The fourth-order valence-corrected chi connectivity index (χ4v) is 4.60. The number of hydrogen-bond donors (Lipinski definition) is 4. The zero-order valence-corrected chi connectivity index (χ0v) is 20.0. The van der Waals surface area contributed by atoms with Gasteiger partial charge in [0.2, 0.25) is 5.91 Å². The third-order valence-corrected chi connectivity index (χ3v) is 6.32. The van der Waals surface area contributed by atoms with Gasteiger partial charge in [-0.15, -0.1) is 0 Å². The molecule has 2 aliphatic rings. The lowest BCUT2D eigenvalue weighted by Crippen LogP contribution is -2.53. The van der Waals surface area contributed by atoms with Gasteiger partial charge in [-0.2, -0.15) is 0 Å². The largest absolute Gasteiger partial charge is 0.493 e. The summed E-state index contributed by atoms with van der Waals surface area (Å²) in [5.74, 6) is 0.427. The minimum absolute atomic E-state index is 0.0797. The lowest BCUT2D eigenvalue weighted by molar-refractivity contribution is -0.118. The highest BCUT2D eigenvalue weighted by Crippen LogP contribution is 2.36. The van der Waals surface area contributed by atoms with Crippen LogP contribution in [0.25, 0.3) is 0 Å². The number of amides is 1. The van der Waals surface area contributed by atoms with Crippen LogP contribution < -0.4 is 20.1 Å². The summed E-state index contributed by atoms with van der Waals surface area (Å²) >= 11 is 2.04. The Morgan fingerprint density at radius 2 is 2.22 bits per heavy atom. The first-order chi connectivity index (χ1) is 15.5. The monoisotopic (exact) mass is 560 g/mol. The van der Waals surface area contributed by atoms with Crippen molar-refractivity contribution in [2.24, 2.45) is 0 Å². The molecule has 10 heteroatoms. The van der Waals surface area contributed by atoms with Crippen LogP contribution >= 0.6 is 22.6 Å². The number of halogens is 1. The zero-order valence-electron chi connectivity index (χ0n) is 17.9. The zero-order chi connectivity index (χ0) is 23.1. The molecule has 0 saturated carbocycles. The second kappa shape index (κ2) is 11.9. The summed E-state index contributed by atoms with van der Waals surface area (Å²) in [6, 6.07) is 2.79. The summed E-state index contributed by atoms with van der Waals surface area (Å²) < 4.78 is 17.8. The lowest BCUT2D eigenvalue weighted by Gasteiger charge is -2.35. The minimum atomic E-state index is -0.933. The number of ether oxygens (including phenoxy) is 3. The van der Waals surface area contributed by atoms with Crippen molar-refractivity contribution in [3.63, 3.8) is 0 Å². The van der Waals surface area contributed by atoms with Crippen molar-refractivity contribution in [2.75, 3.05) is 33.4 Å². The van der Waals surface area contributed by atoms with E-state index in [4.69, 9.17) is 19.3 Å². The molecule has 1 amide bonds. The third-order valence-electron chi connectivity index (χ3n) is 5.52. The van der Waals surface area contributed by atoms with Gasteiger partial charge in [-0.1, -0.05) is 0 Å². The molecule has 0 radical (unpaired) electrons. The number of rotatable bonds is 10. The second-order valence-corrected chi connectivity index (χ2v) is 8.91. The van der Waals surface area contributed by atoms with Crippen molar-refractivity contribution in [3.8, 4) is 11.5 Å². The van der Waals surface area contributed by atoms with Crippen LogP contribution in [0.1, 0.15) is 29.6 Å². The van der Waals surface area contributed by atoms with Crippen molar-refractivity contribution in [3.05, 3.63) is 32.9 Å². The van der Waals surface area contributed by atoms with Gasteiger partial charge in [0.25, 0.3) is 0 Å². The van der Waals surface area contributed by atoms with Gasteiger partial charge in [0.1, 0.15) is 18.5 Å². The predicted octanol–water partition coefficient (Wildman–Crippen LogP) is 0.796. The van der Waals surface area contributed by atoms with Gasteiger partial charge < -0.3 is 35.1 Å². The Bertz CT molecular complexity index is 842. The molecule has 1 aromatic carbocycles. The van der Waals surface area contributed by atoms with Crippen LogP contribution in [0.4, 0.5) is 0 Å². The number of nitrogens with one attached hydrogen (secondary N) is 2. The molecule has 0 unspecified atom stereocenters. The summed E-state index contributed by atoms with van der Waals surface area (Å²) in [5.41, 5.74) is 0.899. The van der Waals surface area contributed by atoms with E-state index in [9.17, 15) is 14.7 Å². The molecule has 4 N–H and O–H groups in total. The molecular weight excluding hydrogens is 531 g/mol. The molecule has 1 aromatic rings. The Hall–Kier alpha value is -1.73. The Kier molecular flexibility index (Phi) is 9.29. The van der Waals surface area contributed by atoms with Gasteiger partial charge in [0.05, 0.1) is 23.4 Å². The maximum Gasteiger partial charge on any atom is 0.247 e. The Labute approximate surface area is 200 Å². The van der Waals surface area contributed by atoms with Crippen molar-refractivity contribution in [2.45, 2.75) is 43.6 Å². The molecule has 0 spiro atoms. The maximum atomic E-state index is 12.6. The van der Waals surface area contributed by atoms with E-state index in [1.807, 2.05) is 22.6 Å². The first-order valence-electron chi connectivity index (χ1n) is 10.6. The number of hydrogen-bond acceptors (Lipinski definition) is 8. The van der Waals surface area contributed by atoms with E-state index in [1.54, 1.807) is 18.2 Å². The van der Waals surface area contributed by atoms with Crippen LogP contribution in [0.3, 0.4) is 0 Å². The Morgan fingerprint density at radius 1 is 1.41 bits per heavy atom. The van der Waals surface area contributed by atoms with Crippen LogP contribution in [0.2, 0.25) is 0 Å². The molecular formula is C22H29IN2O7. The van der Waals surface area contributed by atoms with Crippen LogP contribution in [0.15, 0.2) is 23.8 Å². The highest BCUT2D eigenvalue weighted by atomic mass is 127. The number of carbonyl (C=O) groups is 2. The first kappa shape index (κ1) is 24.9. The molecule has 9 nitrogen and oxygen atoms in total. The van der Waals surface area contributed by atoms with E-state index in [0.717, 1.165) is 25.7 Å². The summed E-state index contributed by atoms with van der Waals surface area (Å²) in [5, 5.41) is 26.1. The highest BCUT2D eigenvalue weighted by Gasteiger charge is 2.36. The molecule has 4 atom stereocenters. The molecule has 1 aliphatic heterocycles. The summed E-state index contributed by atoms with van der Waals surface area (Å²) in [7, 11) is 1.47. The van der Waals surface area contributed by atoms with Crippen molar-refractivity contribution in [1.29, 1.82) is 0 Å². The van der Waals surface area contributed by atoms with Crippen LogP contribution in [-0.2, 0) is 9.53 Å². The Balaban J connectivity index is 1.83. The number of carbonyl (C=O) groups excluding carboxylic acids is 2. The molecule has 1 saturated heterocycles. The molecule has 0 aromatic heterocycles. The summed E-state index contributed by atoms with van der Waals surface area (Å²) in [4.78, 5) is 23.8. The highest BCUT2D eigenvalue weighted by molar-refractivity contribution is 14.1. The fraction of sp³-hybridized carbons (Fsp3) is 0.545. The van der Waals surface area contributed by atoms with Crippen molar-refractivity contribution < 1.29 is 34.0 Å². The van der Waals surface area contributed by atoms with Gasteiger partial charge in [-0.05, 0) is 60.1 Å². The molecule has 1 aliphatic carbocycles. The number of aldehydes is 1. The van der Waals surface area contributed by atoms with Crippen molar-refractivity contribution in [1.82, 2.24) is 10.6 Å². The normalized spacial score (nSPS) is 25.2. The maximum absolute atomic E-state index is 12.6.